The van der Waals surface area contributed by atoms with Crippen LogP contribution < -0.4 is 5.32 Å². The van der Waals surface area contributed by atoms with Gasteiger partial charge in [-0.15, -0.1) is 0 Å². The van der Waals surface area contributed by atoms with Crippen molar-refractivity contribution in [2.45, 2.75) is 12.8 Å². The van der Waals surface area contributed by atoms with E-state index in [1.165, 1.54) is 37.2 Å². The van der Waals surface area contributed by atoms with Crippen LogP contribution in [0.5, 0.6) is 0 Å². The van der Waals surface area contributed by atoms with Crippen molar-refractivity contribution in [3.05, 3.63) is 29.8 Å². The predicted octanol–water partition coefficient (Wildman–Crippen LogP) is 2.14. The number of rotatable bonds is 3. The molecule has 0 aromatic heterocycles. The van der Waals surface area contributed by atoms with Crippen LogP contribution in [-0.2, 0) is 19.4 Å². The topological polar surface area (TPSA) is 15.3 Å². The van der Waals surface area contributed by atoms with E-state index >= 15 is 0 Å². The molecule has 0 bridgehead atoms. The van der Waals surface area contributed by atoms with Crippen LogP contribution in [0.25, 0.3) is 0 Å². The molecule has 1 aromatic rings. The molecule has 0 unspecified atom stereocenters. The van der Waals surface area contributed by atoms with Crippen LogP contribution in [0.3, 0.4) is 0 Å². The number of benzene rings is 1. The van der Waals surface area contributed by atoms with Gasteiger partial charge in [0.25, 0.3) is 0 Å². The van der Waals surface area contributed by atoms with E-state index in [0.717, 1.165) is 5.92 Å². The SMILES string of the molecule is CNc1ccccc1[C](=[W])C1CCN(C)CC1. The summed E-state index contributed by atoms with van der Waals surface area (Å²) < 4.78 is 1.63. The summed E-state index contributed by atoms with van der Waals surface area (Å²) in [5.41, 5.74) is 2.70. The second kappa shape index (κ2) is 5.93. The van der Waals surface area contributed by atoms with Crippen LogP contribution in [0.2, 0.25) is 0 Å². The zero-order valence-corrected chi connectivity index (χ0v) is 13.5. The molecule has 3 heteroatoms. The van der Waals surface area contributed by atoms with Crippen LogP contribution in [0, 0.1) is 5.92 Å². The van der Waals surface area contributed by atoms with E-state index in [1.807, 2.05) is 7.05 Å². The molecule has 1 aromatic carbocycles. The van der Waals surface area contributed by atoms with Gasteiger partial charge in [-0.3, -0.25) is 0 Å². The average Bonchev–Trinajstić information content (AvgIpc) is 2.39. The fourth-order valence-corrected chi connectivity index (χ4v) is 3.89. The summed E-state index contributed by atoms with van der Waals surface area (Å²) in [6.07, 6.45) is 2.63. The number of hydrogen-bond donors (Lipinski definition) is 1. The van der Waals surface area contributed by atoms with Gasteiger partial charge in [0.05, 0.1) is 0 Å². The Hall–Kier alpha value is -0.462. The summed E-state index contributed by atoms with van der Waals surface area (Å²) >= 11 is 1.62. The Morgan fingerprint density at radius 2 is 1.94 bits per heavy atom. The van der Waals surface area contributed by atoms with Crippen molar-refractivity contribution < 1.29 is 19.4 Å². The summed E-state index contributed by atoms with van der Waals surface area (Å²) in [5.74, 6) is 0.788. The van der Waals surface area contributed by atoms with E-state index in [1.54, 1.807) is 23.3 Å². The van der Waals surface area contributed by atoms with Crippen molar-refractivity contribution in [3.63, 3.8) is 0 Å². The number of likely N-dealkylation sites (tertiary alicyclic amines) is 1. The molecule has 2 rings (SSSR count). The Balaban J connectivity index is 2.14. The Morgan fingerprint density at radius 1 is 1.29 bits per heavy atom. The van der Waals surface area contributed by atoms with Gasteiger partial charge in [-0.25, -0.2) is 0 Å². The molecular weight excluding hydrogens is 380 g/mol. The van der Waals surface area contributed by atoms with Gasteiger partial charge in [0, 0.05) is 0 Å². The molecular formula is C14H20N2W. The minimum atomic E-state index is 0.788. The second-order valence-corrected chi connectivity index (χ2v) is 6.32. The van der Waals surface area contributed by atoms with Crippen molar-refractivity contribution >= 4 is 9.59 Å². The van der Waals surface area contributed by atoms with Gasteiger partial charge in [-0.2, -0.15) is 0 Å². The van der Waals surface area contributed by atoms with E-state index in [-0.39, 0.29) is 0 Å². The average molecular weight is 400 g/mol. The maximum atomic E-state index is 3.31. The first-order chi connectivity index (χ1) is 8.22. The van der Waals surface area contributed by atoms with Crippen LogP contribution in [0.4, 0.5) is 5.69 Å². The van der Waals surface area contributed by atoms with Gasteiger partial charge in [-0.05, 0) is 0 Å². The summed E-state index contributed by atoms with van der Waals surface area (Å²) in [6.45, 7) is 2.48. The third-order valence-electron chi connectivity index (χ3n) is 3.55. The van der Waals surface area contributed by atoms with Gasteiger partial charge in [0.15, 0.2) is 0 Å². The summed E-state index contributed by atoms with van der Waals surface area (Å²) in [6, 6.07) is 8.68. The third-order valence-corrected chi connectivity index (χ3v) is 5.54. The number of anilines is 1. The summed E-state index contributed by atoms with van der Waals surface area (Å²) in [7, 11) is 4.23. The van der Waals surface area contributed by atoms with Crippen LogP contribution in [0.1, 0.15) is 18.4 Å². The van der Waals surface area contributed by atoms with E-state index < -0.39 is 0 Å². The van der Waals surface area contributed by atoms with Crippen molar-refractivity contribution in [2.24, 2.45) is 5.92 Å². The molecule has 0 saturated carbocycles. The van der Waals surface area contributed by atoms with Crippen molar-refractivity contribution in [1.82, 2.24) is 4.90 Å². The Bertz CT molecular complexity index is 395. The fraction of sp³-hybridized carbons (Fsp3) is 0.500. The number of para-hydroxylation sites is 1. The molecule has 0 aliphatic carbocycles. The number of piperidine rings is 1. The Morgan fingerprint density at radius 3 is 2.59 bits per heavy atom. The standard InChI is InChI=1S/C14H20N2.W/c1-15-14-6-4-3-5-13(14)11-12-7-9-16(2)10-8-12;/h3-6,12,15H,7-10H2,1-2H3;. The molecule has 17 heavy (non-hydrogen) atoms. The first kappa shape index (κ1) is 13.0. The molecule has 0 spiro atoms. The van der Waals surface area contributed by atoms with Crippen molar-refractivity contribution in [3.8, 4) is 0 Å². The number of nitrogens with zero attached hydrogens (tertiary/aromatic N) is 1. The monoisotopic (exact) mass is 400 g/mol. The Labute approximate surface area is 115 Å². The zero-order valence-electron chi connectivity index (χ0n) is 10.6. The van der Waals surface area contributed by atoms with Gasteiger partial charge < -0.3 is 0 Å². The molecule has 0 amide bonds. The summed E-state index contributed by atoms with van der Waals surface area (Å²) in [5, 5.41) is 3.31. The van der Waals surface area contributed by atoms with Crippen molar-refractivity contribution in [2.75, 3.05) is 32.5 Å². The molecule has 1 N–H and O–H groups in total. The van der Waals surface area contributed by atoms with E-state index in [9.17, 15) is 0 Å². The molecule has 1 heterocycles. The van der Waals surface area contributed by atoms with Gasteiger partial charge in [0.2, 0.25) is 0 Å². The van der Waals surface area contributed by atoms with E-state index in [2.05, 4.69) is 41.5 Å². The van der Waals surface area contributed by atoms with Crippen LogP contribution >= 0.6 is 0 Å². The molecule has 1 aliphatic rings. The molecule has 1 fully saturated rings. The molecule has 1 saturated heterocycles. The fourth-order valence-electron chi connectivity index (χ4n) is 2.41. The molecule has 2 nitrogen and oxygen atoms in total. The molecule has 1 aliphatic heterocycles. The quantitative estimate of drug-likeness (QED) is 0.837. The number of hydrogen-bond acceptors (Lipinski definition) is 2. The maximum absolute atomic E-state index is 3.31. The van der Waals surface area contributed by atoms with Crippen molar-refractivity contribution in [1.29, 1.82) is 0 Å². The first-order valence-corrected chi connectivity index (χ1v) is 7.68. The summed E-state index contributed by atoms with van der Waals surface area (Å²) in [4.78, 5) is 2.43. The third kappa shape index (κ3) is 3.05. The Kier molecular flexibility index (Phi) is 4.53. The van der Waals surface area contributed by atoms with E-state index in [0.29, 0.717) is 0 Å². The van der Waals surface area contributed by atoms with E-state index in [4.69, 9.17) is 0 Å². The minimum absolute atomic E-state index is 0.788. The number of nitrogens with one attached hydrogen (secondary N) is 1. The van der Waals surface area contributed by atoms with Gasteiger partial charge >= 0.3 is 115 Å². The second-order valence-electron chi connectivity index (χ2n) is 4.74. The molecule has 0 radical (unpaired) electrons. The molecule has 92 valence electrons. The normalized spacial score (nSPS) is 18.0. The zero-order chi connectivity index (χ0) is 12.3. The van der Waals surface area contributed by atoms with Gasteiger partial charge in [0.1, 0.15) is 0 Å². The van der Waals surface area contributed by atoms with Crippen LogP contribution in [-0.4, -0.2) is 36.0 Å². The predicted molar refractivity (Wildman–Crippen MR) is 70.3 cm³/mol. The molecule has 0 atom stereocenters. The first-order valence-electron chi connectivity index (χ1n) is 6.22. The van der Waals surface area contributed by atoms with Crippen LogP contribution in [0.15, 0.2) is 24.3 Å². The van der Waals surface area contributed by atoms with Gasteiger partial charge in [-0.1, -0.05) is 0 Å².